The van der Waals surface area contributed by atoms with Crippen LogP contribution in [0.15, 0.2) is 17.1 Å². The SMILES string of the molecule is CCN(CC)C(=O)C1CCCN(C(=O)c2c(C)ccn(CCC(C)C)c2=O)C1. The largest absolute Gasteiger partial charge is 0.343 e. The zero-order valence-electron chi connectivity index (χ0n) is 18.0. The van der Waals surface area contributed by atoms with Crippen molar-refractivity contribution in [1.29, 1.82) is 0 Å². The zero-order chi connectivity index (χ0) is 20.8. The number of aryl methyl sites for hydroxylation is 2. The van der Waals surface area contributed by atoms with Crippen molar-refractivity contribution in [2.75, 3.05) is 26.2 Å². The van der Waals surface area contributed by atoms with Crippen LogP contribution in [0.2, 0.25) is 0 Å². The summed E-state index contributed by atoms with van der Waals surface area (Å²) < 4.78 is 1.64. The molecule has 1 atom stereocenters. The van der Waals surface area contributed by atoms with Crippen molar-refractivity contribution in [1.82, 2.24) is 14.4 Å². The molecule has 0 bridgehead atoms. The lowest BCUT2D eigenvalue weighted by molar-refractivity contribution is -0.136. The van der Waals surface area contributed by atoms with Crippen molar-refractivity contribution >= 4 is 11.8 Å². The number of piperidine rings is 1. The van der Waals surface area contributed by atoms with E-state index in [4.69, 9.17) is 0 Å². The third-order valence-electron chi connectivity index (χ3n) is 5.67. The Bertz CT molecular complexity index is 750. The fraction of sp³-hybridized carbons (Fsp3) is 0.682. The van der Waals surface area contributed by atoms with Crippen LogP contribution in [0, 0.1) is 18.8 Å². The van der Waals surface area contributed by atoms with Crippen molar-refractivity contribution in [2.45, 2.75) is 60.4 Å². The molecule has 2 heterocycles. The van der Waals surface area contributed by atoms with Gasteiger partial charge < -0.3 is 14.4 Å². The first kappa shape index (κ1) is 22.2. The Hall–Kier alpha value is -2.11. The van der Waals surface area contributed by atoms with E-state index in [0.29, 0.717) is 44.2 Å². The molecular weight excluding hydrogens is 354 g/mol. The molecule has 0 N–H and O–H groups in total. The summed E-state index contributed by atoms with van der Waals surface area (Å²) in [6.45, 7) is 13.0. The van der Waals surface area contributed by atoms with Crippen LogP contribution in [0.5, 0.6) is 0 Å². The number of hydrogen-bond acceptors (Lipinski definition) is 3. The summed E-state index contributed by atoms with van der Waals surface area (Å²) in [5.74, 6) is 0.186. The molecule has 1 saturated heterocycles. The minimum Gasteiger partial charge on any atom is -0.343 e. The number of carbonyl (C=O) groups excluding carboxylic acids is 2. The number of amides is 2. The third-order valence-corrected chi connectivity index (χ3v) is 5.67. The van der Waals surface area contributed by atoms with Crippen LogP contribution in [0.3, 0.4) is 0 Å². The van der Waals surface area contributed by atoms with Crippen LogP contribution in [0.1, 0.15) is 62.9 Å². The van der Waals surface area contributed by atoms with Gasteiger partial charge in [0, 0.05) is 38.9 Å². The molecule has 2 rings (SSSR count). The maximum absolute atomic E-state index is 13.2. The molecule has 1 aliphatic heterocycles. The maximum atomic E-state index is 13.2. The minimum absolute atomic E-state index is 0.113. The van der Waals surface area contributed by atoms with Gasteiger partial charge in [-0.3, -0.25) is 14.4 Å². The van der Waals surface area contributed by atoms with Gasteiger partial charge in [0.05, 0.1) is 5.92 Å². The number of aromatic nitrogens is 1. The molecule has 1 fully saturated rings. The molecular formula is C22H35N3O3. The number of pyridine rings is 1. The average molecular weight is 390 g/mol. The molecule has 156 valence electrons. The van der Waals surface area contributed by atoms with Crippen LogP contribution in [-0.2, 0) is 11.3 Å². The van der Waals surface area contributed by atoms with Gasteiger partial charge in [0.15, 0.2) is 0 Å². The van der Waals surface area contributed by atoms with Gasteiger partial charge in [0.2, 0.25) is 5.91 Å². The lowest BCUT2D eigenvalue weighted by Crippen LogP contribution is -2.48. The first-order chi connectivity index (χ1) is 13.3. The van der Waals surface area contributed by atoms with E-state index in [9.17, 15) is 14.4 Å². The molecule has 6 heteroatoms. The predicted molar refractivity (Wildman–Crippen MR) is 111 cm³/mol. The van der Waals surface area contributed by atoms with Gasteiger partial charge in [-0.15, -0.1) is 0 Å². The number of hydrogen-bond donors (Lipinski definition) is 0. The average Bonchev–Trinajstić information content (AvgIpc) is 2.68. The quantitative estimate of drug-likeness (QED) is 0.720. The Morgan fingerprint density at radius 3 is 2.54 bits per heavy atom. The Balaban J connectivity index is 2.22. The molecule has 1 aromatic heterocycles. The normalized spacial score (nSPS) is 17.1. The van der Waals surface area contributed by atoms with Crippen LogP contribution in [-0.4, -0.2) is 52.4 Å². The van der Waals surface area contributed by atoms with E-state index in [2.05, 4.69) is 13.8 Å². The minimum atomic E-state index is -0.238. The highest BCUT2D eigenvalue weighted by molar-refractivity contribution is 5.95. The summed E-state index contributed by atoms with van der Waals surface area (Å²) in [5, 5.41) is 0. The fourth-order valence-electron chi connectivity index (χ4n) is 3.81. The first-order valence-electron chi connectivity index (χ1n) is 10.6. The molecule has 0 spiro atoms. The number of rotatable bonds is 7. The van der Waals surface area contributed by atoms with E-state index in [1.165, 1.54) is 0 Å². The van der Waals surface area contributed by atoms with Crippen LogP contribution in [0.25, 0.3) is 0 Å². The van der Waals surface area contributed by atoms with Gasteiger partial charge in [-0.1, -0.05) is 13.8 Å². The summed E-state index contributed by atoms with van der Waals surface area (Å²) in [5.41, 5.74) is 0.734. The van der Waals surface area contributed by atoms with Crippen molar-refractivity contribution in [3.8, 4) is 0 Å². The monoisotopic (exact) mass is 389 g/mol. The van der Waals surface area contributed by atoms with E-state index < -0.39 is 0 Å². The summed E-state index contributed by atoms with van der Waals surface area (Å²) >= 11 is 0. The molecule has 0 saturated carbocycles. The molecule has 0 aliphatic carbocycles. The summed E-state index contributed by atoms with van der Waals surface area (Å²) in [6.07, 6.45) is 4.25. The second-order valence-corrected chi connectivity index (χ2v) is 8.16. The summed E-state index contributed by atoms with van der Waals surface area (Å²) in [6, 6.07) is 1.84. The van der Waals surface area contributed by atoms with Crippen LogP contribution >= 0.6 is 0 Å². The molecule has 1 aromatic rings. The van der Waals surface area contributed by atoms with Gasteiger partial charge in [-0.25, -0.2) is 0 Å². The lowest BCUT2D eigenvalue weighted by atomic mass is 9.95. The topological polar surface area (TPSA) is 62.6 Å². The molecule has 1 unspecified atom stereocenters. The summed E-state index contributed by atoms with van der Waals surface area (Å²) in [4.78, 5) is 42.4. The lowest BCUT2D eigenvalue weighted by Gasteiger charge is -2.34. The highest BCUT2D eigenvalue weighted by atomic mass is 16.2. The van der Waals surface area contributed by atoms with Gasteiger partial charge in [0.25, 0.3) is 11.5 Å². The van der Waals surface area contributed by atoms with E-state index in [-0.39, 0.29) is 28.9 Å². The molecule has 28 heavy (non-hydrogen) atoms. The maximum Gasteiger partial charge on any atom is 0.263 e. The Morgan fingerprint density at radius 1 is 1.25 bits per heavy atom. The Morgan fingerprint density at radius 2 is 1.93 bits per heavy atom. The summed E-state index contributed by atoms with van der Waals surface area (Å²) in [7, 11) is 0. The van der Waals surface area contributed by atoms with E-state index in [1.807, 2.05) is 31.7 Å². The molecule has 1 aliphatic rings. The highest BCUT2D eigenvalue weighted by Gasteiger charge is 2.32. The number of nitrogens with zero attached hydrogens (tertiary/aromatic N) is 3. The van der Waals surface area contributed by atoms with Gasteiger partial charge >= 0.3 is 0 Å². The van der Waals surface area contributed by atoms with Gasteiger partial charge in [-0.05, 0) is 57.6 Å². The molecule has 2 amide bonds. The molecule has 6 nitrogen and oxygen atoms in total. The first-order valence-corrected chi connectivity index (χ1v) is 10.6. The fourth-order valence-corrected chi connectivity index (χ4v) is 3.81. The Labute approximate surface area is 168 Å². The smallest absolute Gasteiger partial charge is 0.263 e. The second kappa shape index (κ2) is 9.89. The van der Waals surface area contributed by atoms with Gasteiger partial charge in [0.1, 0.15) is 5.56 Å². The zero-order valence-corrected chi connectivity index (χ0v) is 18.0. The van der Waals surface area contributed by atoms with Crippen molar-refractivity contribution < 1.29 is 9.59 Å². The third kappa shape index (κ3) is 5.03. The highest BCUT2D eigenvalue weighted by Crippen LogP contribution is 2.21. The second-order valence-electron chi connectivity index (χ2n) is 8.16. The van der Waals surface area contributed by atoms with E-state index >= 15 is 0 Å². The molecule has 0 aromatic carbocycles. The van der Waals surface area contributed by atoms with Crippen LogP contribution in [0.4, 0.5) is 0 Å². The van der Waals surface area contributed by atoms with E-state index in [1.54, 1.807) is 15.7 Å². The van der Waals surface area contributed by atoms with Crippen molar-refractivity contribution in [3.05, 3.63) is 33.7 Å². The van der Waals surface area contributed by atoms with Crippen molar-refractivity contribution in [2.24, 2.45) is 11.8 Å². The number of carbonyl (C=O) groups is 2. The predicted octanol–water partition coefficient (Wildman–Crippen LogP) is 2.92. The van der Waals surface area contributed by atoms with Gasteiger partial charge in [-0.2, -0.15) is 0 Å². The molecule has 0 radical (unpaired) electrons. The van der Waals surface area contributed by atoms with Crippen molar-refractivity contribution in [3.63, 3.8) is 0 Å². The van der Waals surface area contributed by atoms with Crippen LogP contribution < -0.4 is 5.56 Å². The van der Waals surface area contributed by atoms with E-state index in [0.717, 1.165) is 19.3 Å². The Kier molecular flexibility index (Phi) is 7.84. The number of likely N-dealkylation sites (tertiary alicyclic amines) is 1. The standard InChI is InChI=1S/C22H35N3O3/c1-6-23(7-2)20(26)18-9-8-12-25(15-18)22(28)19-17(5)11-14-24(21(19)27)13-10-16(3)4/h11,14,16,18H,6-10,12-13,15H2,1-5H3.